The van der Waals surface area contributed by atoms with Crippen molar-refractivity contribution in [2.75, 3.05) is 11.9 Å². The first-order chi connectivity index (χ1) is 8.50. The van der Waals surface area contributed by atoms with Crippen LogP contribution in [0.15, 0.2) is 24.5 Å². The first-order valence-corrected chi connectivity index (χ1v) is 5.21. The molecule has 0 aliphatic heterocycles. The van der Waals surface area contributed by atoms with Crippen molar-refractivity contribution < 1.29 is 13.2 Å². The van der Waals surface area contributed by atoms with E-state index in [9.17, 15) is 13.2 Å². The van der Waals surface area contributed by atoms with E-state index in [-0.39, 0.29) is 11.6 Å². The molecule has 0 unspecified atom stereocenters. The predicted molar refractivity (Wildman–Crippen MR) is 58.3 cm³/mol. The van der Waals surface area contributed by atoms with Crippen LogP contribution in [0.25, 0.3) is 5.82 Å². The number of hydrogen-bond acceptors (Lipinski definition) is 4. The van der Waals surface area contributed by atoms with Gasteiger partial charge in [0.15, 0.2) is 5.82 Å². The molecule has 0 atom stereocenters. The minimum absolute atomic E-state index is 0.0678. The van der Waals surface area contributed by atoms with E-state index in [1.165, 1.54) is 23.1 Å². The molecule has 96 valence electrons. The van der Waals surface area contributed by atoms with Crippen LogP contribution in [-0.4, -0.2) is 26.3 Å². The van der Waals surface area contributed by atoms with Crippen LogP contribution in [0, 0.1) is 0 Å². The minimum Gasteiger partial charge on any atom is -0.370 e. The molecule has 0 spiro atoms. The van der Waals surface area contributed by atoms with Gasteiger partial charge in [0.25, 0.3) is 0 Å². The summed E-state index contributed by atoms with van der Waals surface area (Å²) in [7, 11) is 0. The lowest BCUT2D eigenvalue weighted by molar-refractivity contribution is -0.144. The molecule has 5 nitrogen and oxygen atoms in total. The van der Waals surface area contributed by atoms with Crippen molar-refractivity contribution in [3.05, 3.63) is 30.4 Å². The maximum Gasteiger partial charge on any atom is 0.451 e. The van der Waals surface area contributed by atoms with Gasteiger partial charge in [0.2, 0.25) is 5.82 Å². The molecule has 0 bridgehead atoms. The number of nitrogens with one attached hydrogen (secondary N) is 1. The molecule has 0 radical (unpaired) electrons. The molecular formula is C10H10F3N5. The van der Waals surface area contributed by atoms with Crippen molar-refractivity contribution in [2.24, 2.45) is 0 Å². The van der Waals surface area contributed by atoms with Gasteiger partial charge in [-0.15, -0.1) is 0 Å². The van der Waals surface area contributed by atoms with Crippen LogP contribution in [0.5, 0.6) is 0 Å². The molecule has 0 amide bonds. The van der Waals surface area contributed by atoms with E-state index < -0.39 is 12.0 Å². The van der Waals surface area contributed by atoms with Crippen LogP contribution in [-0.2, 0) is 6.18 Å². The van der Waals surface area contributed by atoms with Gasteiger partial charge >= 0.3 is 6.18 Å². The highest BCUT2D eigenvalue weighted by Gasteiger charge is 2.35. The molecule has 0 aliphatic rings. The molecule has 2 aromatic rings. The van der Waals surface area contributed by atoms with Crippen molar-refractivity contribution in [3.63, 3.8) is 0 Å². The van der Waals surface area contributed by atoms with Gasteiger partial charge in [0.05, 0.1) is 0 Å². The Morgan fingerprint density at radius 2 is 2.11 bits per heavy atom. The van der Waals surface area contributed by atoms with Crippen LogP contribution in [0.3, 0.4) is 0 Å². The molecular weight excluding hydrogens is 247 g/mol. The quantitative estimate of drug-likeness (QED) is 0.915. The maximum absolute atomic E-state index is 12.6. The fourth-order valence-corrected chi connectivity index (χ4v) is 1.35. The van der Waals surface area contributed by atoms with Gasteiger partial charge in [-0.05, 0) is 13.0 Å². The number of halogens is 3. The Hall–Kier alpha value is -2.12. The molecule has 1 N–H and O–H groups in total. The fourth-order valence-electron chi connectivity index (χ4n) is 1.35. The molecule has 0 saturated carbocycles. The second kappa shape index (κ2) is 4.63. The standard InChI is InChI=1S/C10H10F3N5/c1-2-14-7-6-8(18-5-3-4-15-18)17-9(16-7)10(11,12)13/h3-6H,2H2,1H3,(H,14,16,17). The largest absolute Gasteiger partial charge is 0.451 e. The average molecular weight is 257 g/mol. The highest BCUT2D eigenvalue weighted by molar-refractivity contribution is 5.41. The topological polar surface area (TPSA) is 55.6 Å². The van der Waals surface area contributed by atoms with Crippen LogP contribution in [0.1, 0.15) is 12.7 Å². The summed E-state index contributed by atoms with van der Waals surface area (Å²) in [5.74, 6) is -1.00. The lowest BCUT2D eigenvalue weighted by Gasteiger charge is -2.10. The van der Waals surface area contributed by atoms with E-state index >= 15 is 0 Å². The Morgan fingerprint density at radius 1 is 1.33 bits per heavy atom. The lowest BCUT2D eigenvalue weighted by Crippen LogP contribution is -2.15. The summed E-state index contributed by atoms with van der Waals surface area (Å²) >= 11 is 0. The van der Waals surface area contributed by atoms with E-state index in [2.05, 4.69) is 20.4 Å². The van der Waals surface area contributed by atoms with Crippen molar-refractivity contribution in [1.29, 1.82) is 0 Å². The average Bonchev–Trinajstić information content (AvgIpc) is 2.81. The third-order valence-corrected chi connectivity index (χ3v) is 2.06. The molecule has 0 saturated heterocycles. The maximum atomic E-state index is 12.6. The Kier molecular flexibility index (Phi) is 3.17. The SMILES string of the molecule is CCNc1cc(-n2cccn2)nc(C(F)(F)F)n1. The first kappa shape index (κ1) is 12.3. The summed E-state index contributed by atoms with van der Waals surface area (Å²) in [6, 6.07) is 3.01. The van der Waals surface area contributed by atoms with Crippen molar-refractivity contribution in [3.8, 4) is 5.82 Å². The smallest absolute Gasteiger partial charge is 0.370 e. The number of nitrogens with zero attached hydrogens (tertiary/aromatic N) is 4. The van der Waals surface area contributed by atoms with E-state index in [0.29, 0.717) is 6.54 Å². The van der Waals surface area contributed by atoms with E-state index in [1.54, 1.807) is 13.0 Å². The molecule has 0 aromatic carbocycles. The minimum atomic E-state index is -4.59. The van der Waals surface area contributed by atoms with E-state index in [4.69, 9.17) is 0 Å². The first-order valence-electron chi connectivity index (χ1n) is 5.21. The normalized spacial score (nSPS) is 11.6. The number of hydrogen-bond donors (Lipinski definition) is 1. The van der Waals surface area contributed by atoms with Crippen LogP contribution in [0.4, 0.5) is 19.0 Å². The van der Waals surface area contributed by atoms with Gasteiger partial charge in [-0.2, -0.15) is 18.3 Å². The summed E-state index contributed by atoms with van der Waals surface area (Å²) < 4.78 is 39.2. The highest BCUT2D eigenvalue weighted by Crippen LogP contribution is 2.27. The Morgan fingerprint density at radius 3 is 2.67 bits per heavy atom. The van der Waals surface area contributed by atoms with Gasteiger partial charge < -0.3 is 5.32 Å². The summed E-state index contributed by atoms with van der Waals surface area (Å²) in [4.78, 5) is 6.87. The third-order valence-electron chi connectivity index (χ3n) is 2.06. The number of anilines is 1. The van der Waals surface area contributed by atoms with E-state index in [1.807, 2.05) is 0 Å². The third kappa shape index (κ3) is 2.58. The van der Waals surface area contributed by atoms with Gasteiger partial charge in [-0.25, -0.2) is 14.6 Å². The summed E-state index contributed by atoms with van der Waals surface area (Å²) in [5, 5.41) is 6.57. The monoisotopic (exact) mass is 257 g/mol. The molecule has 2 heterocycles. The Bertz CT molecular complexity index is 521. The van der Waals surface area contributed by atoms with Gasteiger partial charge in [0, 0.05) is 25.0 Å². The van der Waals surface area contributed by atoms with Crippen LogP contribution >= 0.6 is 0 Å². The van der Waals surface area contributed by atoms with Gasteiger partial charge in [0.1, 0.15) is 5.82 Å². The molecule has 0 fully saturated rings. The van der Waals surface area contributed by atoms with E-state index in [0.717, 1.165) is 0 Å². The predicted octanol–water partition coefficient (Wildman–Crippen LogP) is 2.11. The number of rotatable bonds is 3. The Labute approximate surface area is 101 Å². The van der Waals surface area contributed by atoms with Crippen LogP contribution in [0.2, 0.25) is 0 Å². The summed E-state index contributed by atoms with van der Waals surface area (Å²) in [6.07, 6.45) is -1.62. The molecule has 2 rings (SSSR count). The zero-order chi connectivity index (χ0) is 13.2. The second-order valence-electron chi connectivity index (χ2n) is 3.41. The van der Waals surface area contributed by atoms with Gasteiger partial charge in [-0.3, -0.25) is 0 Å². The Balaban J connectivity index is 2.50. The zero-order valence-corrected chi connectivity index (χ0v) is 9.44. The zero-order valence-electron chi connectivity index (χ0n) is 9.44. The number of alkyl halides is 3. The highest BCUT2D eigenvalue weighted by atomic mass is 19.4. The van der Waals surface area contributed by atoms with Crippen molar-refractivity contribution in [2.45, 2.75) is 13.1 Å². The summed E-state index contributed by atoms with van der Waals surface area (Å²) in [5.41, 5.74) is 0. The summed E-state index contributed by atoms with van der Waals surface area (Å²) in [6.45, 7) is 2.23. The van der Waals surface area contributed by atoms with Crippen LogP contribution < -0.4 is 5.32 Å². The van der Waals surface area contributed by atoms with Gasteiger partial charge in [-0.1, -0.05) is 0 Å². The second-order valence-corrected chi connectivity index (χ2v) is 3.41. The lowest BCUT2D eigenvalue weighted by atomic mass is 10.4. The molecule has 0 aliphatic carbocycles. The van der Waals surface area contributed by atoms with Crippen molar-refractivity contribution in [1.82, 2.24) is 19.7 Å². The molecule has 8 heteroatoms. The van der Waals surface area contributed by atoms with Crippen molar-refractivity contribution >= 4 is 5.82 Å². The molecule has 2 aromatic heterocycles. The fraction of sp³-hybridized carbons (Fsp3) is 0.300. The number of aromatic nitrogens is 4. The molecule has 18 heavy (non-hydrogen) atoms.